The van der Waals surface area contributed by atoms with Crippen LogP contribution < -0.4 is 0 Å². The van der Waals surface area contributed by atoms with Gasteiger partial charge in [-0.25, -0.2) is 0 Å². The Hall–Kier alpha value is -1.68. The molecule has 1 aromatic heterocycles. The first-order valence-electron chi connectivity index (χ1n) is 11.4. The Bertz CT molecular complexity index is 925. The molecule has 1 aromatic rings. The highest BCUT2D eigenvalue weighted by Gasteiger charge is 2.59. The maximum atomic E-state index is 13.5. The van der Waals surface area contributed by atoms with E-state index in [4.69, 9.17) is 0 Å². The van der Waals surface area contributed by atoms with Crippen molar-refractivity contribution in [3.05, 3.63) is 34.7 Å². The van der Waals surface area contributed by atoms with Crippen LogP contribution in [0, 0.1) is 35.5 Å². The van der Waals surface area contributed by atoms with Gasteiger partial charge < -0.3 is 5.11 Å². The Morgan fingerprint density at radius 2 is 1.93 bits per heavy atom. The van der Waals surface area contributed by atoms with E-state index < -0.39 is 0 Å². The second kappa shape index (κ2) is 6.41. The second-order valence-corrected chi connectivity index (χ2v) is 10.6. The van der Waals surface area contributed by atoms with Crippen molar-refractivity contribution < 1.29 is 9.90 Å². The zero-order valence-electron chi connectivity index (χ0n) is 18.2. The first-order valence-corrected chi connectivity index (χ1v) is 11.4. The molecular formula is C25H34N2O2. The molecule has 1 heterocycles. The quantitative estimate of drug-likeness (QED) is 0.559. The van der Waals surface area contributed by atoms with Crippen molar-refractivity contribution in [3.63, 3.8) is 0 Å². The van der Waals surface area contributed by atoms with Gasteiger partial charge in [-0.3, -0.25) is 9.48 Å². The van der Waals surface area contributed by atoms with Gasteiger partial charge in [0.15, 0.2) is 5.78 Å². The molecule has 0 saturated heterocycles. The summed E-state index contributed by atoms with van der Waals surface area (Å²) in [5.41, 5.74) is 4.70. The molecule has 6 atom stereocenters. The molecule has 4 nitrogen and oxygen atoms in total. The fourth-order valence-corrected chi connectivity index (χ4v) is 7.29. The number of hydrogen-bond acceptors (Lipinski definition) is 3. The van der Waals surface area contributed by atoms with Crippen LogP contribution >= 0.6 is 0 Å². The smallest absolute Gasteiger partial charge is 0.165 e. The Kier molecular flexibility index (Phi) is 4.26. The molecular weight excluding hydrogens is 360 g/mol. The number of ketones is 1. The summed E-state index contributed by atoms with van der Waals surface area (Å²) in [7, 11) is 1.95. The van der Waals surface area contributed by atoms with E-state index in [2.05, 4.69) is 38.0 Å². The van der Waals surface area contributed by atoms with E-state index in [1.54, 1.807) is 0 Å². The van der Waals surface area contributed by atoms with Crippen LogP contribution in [0.3, 0.4) is 0 Å². The Balaban J connectivity index is 1.49. The summed E-state index contributed by atoms with van der Waals surface area (Å²) in [4.78, 5) is 13.5. The third-order valence-electron chi connectivity index (χ3n) is 9.32. The van der Waals surface area contributed by atoms with Gasteiger partial charge >= 0.3 is 0 Å². The zero-order valence-corrected chi connectivity index (χ0v) is 18.2. The first-order chi connectivity index (χ1) is 13.7. The number of aliphatic hydroxyl groups is 1. The number of allylic oxidation sites excluding steroid dienone is 2. The minimum Gasteiger partial charge on any atom is -0.393 e. The summed E-state index contributed by atoms with van der Waals surface area (Å²) < 4.78 is 1.88. The minimum atomic E-state index is -0.209. The summed E-state index contributed by atoms with van der Waals surface area (Å²) in [6, 6.07) is 0. The number of hydrogen-bond donors (Lipinski definition) is 1. The molecule has 4 aliphatic carbocycles. The lowest BCUT2D eigenvalue weighted by atomic mass is 9.48. The van der Waals surface area contributed by atoms with Gasteiger partial charge in [0.05, 0.1) is 12.3 Å². The van der Waals surface area contributed by atoms with Crippen LogP contribution in [0.25, 0.3) is 6.08 Å². The summed E-state index contributed by atoms with van der Waals surface area (Å²) in [5.74, 6) is 2.06. The summed E-state index contributed by atoms with van der Waals surface area (Å²) >= 11 is 0. The molecule has 4 heteroatoms. The number of Topliss-reactive ketones (excluding diaryl/α,β-unsaturated/α-hetero) is 1. The van der Waals surface area contributed by atoms with E-state index >= 15 is 0 Å². The predicted octanol–water partition coefficient (Wildman–Crippen LogP) is 4.61. The van der Waals surface area contributed by atoms with Crippen molar-refractivity contribution in [1.29, 1.82) is 0 Å². The van der Waals surface area contributed by atoms with E-state index in [1.807, 2.05) is 17.9 Å². The number of aryl methyl sites for hydroxylation is 1. The highest BCUT2D eigenvalue weighted by Crippen LogP contribution is 2.64. The number of rotatable bonds is 1. The average Bonchev–Trinajstić information content (AvgIpc) is 3.14. The summed E-state index contributed by atoms with van der Waals surface area (Å²) in [6.45, 7) is 6.74. The topological polar surface area (TPSA) is 55.1 Å². The number of aliphatic hydroxyl groups excluding tert-OH is 1. The average molecular weight is 395 g/mol. The molecule has 0 amide bonds. The fraction of sp³-hybridized carbons (Fsp3) is 0.680. The van der Waals surface area contributed by atoms with E-state index in [0.717, 1.165) is 61.8 Å². The number of carbonyl (C=O) groups excluding carboxylic acids is 1. The van der Waals surface area contributed by atoms with Gasteiger partial charge in [-0.2, -0.15) is 5.10 Å². The number of fused-ring (bicyclic) bond motifs is 5. The van der Waals surface area contributed by atoms with Crippen molar-refractivity contribution in [2.75, 3.05) is 0 Å². The van der Waals surface area contributed by atoms with E-state index in [0.29, 0.717) is 23.5 Å². The molecule has 156 valence electrons. The molecule has 4 aliphatic rings. The standard InChI is InChI=1S/C25H34N2O2/c1-15-17(14-26-27(15)4)11-16-12-22-20-6-5-18-13-19(28)7-9-24(18,2)21(20)8-10-25(22,3)23(16)29/h5,11,14,19-22,28H,6-10,12-13H2,1-4H3/b16-11-/t19-,20+,21-,22-,24-,25-/m0/s1. The summed E-state index contributed by atoms with van der Waals surface area (Å²) in [6.07, 6.45) is 13.3. The molecule has 0 bridgehead atoms. The molecule has 29 heavy (non-hydrogen) atoms. The molecule has 3 saturated carbocycles. The molecule has 3 fully saturated rings. The Labute approximate surface area is 174 Å². The lowest BCUT2D eigenvalue weighted by Gasteiger charge is -2.56. The van der Waals surface area contributed by atoms with Gasteiger partial charge in [0.25, 0.3) is 0 Å². The predicted molar refractivity (Wildman–Crippen MR) is 114 cm³/mol. The van der Waals surface area contributed by atoms with Gasteiger partial charge in [0.2, 0.25) is 0 Å². The number of carbonyl (C=O) groups is 1. The van der Waals surface area contributed by atoms with E-state index in [1.165, 1.54) is 5.57 Å². The maximum Gasteiger partial charge on any atom is 0.165 e. The second-order valence-electron chi connectivity index (χ2n) is 10.6. The van der Waals surface area contributed by atoms with Crippen LogP contribution in [0.5, 0.6) is 0 Å². The molecule has 0 aromatic carbocycles. The van der Waals surface area contributed by atoms with Gasteiger partial charge in [0.1, 0.15) is 0 Å². The van der Waals surface area contributed by atoms with Crippen molar-refractivity contribution in [2.24, 2.45) is 35.6 Å². The number of nitrogens with zero attached hydrogens (tertiary/aromatic N) is 2. The minimum absolute atomic E-state index is 0.162. The summed E-state index contributed by atoms with van der Waals surface area (Å²) in [5, 5.41) is 14.5. The largest absolute Gasteiger partial charge is 0.393 e. The van der Waals surface area contributed by atoms with Gasteiger partial charge in [-0.1, -0.05) is 25.5 Å². The Morgan fingerprint density at radius 1 is 1.17 bits per heavy atom. The highest BCUT2D eigenvalue weighted by atomic mass is 16.3. The van der Waals surface area contributed by atoms with Crippen LogP contribution in [-0.2, 0) is 11.8 Å². The maximum absolute atomic E-state index is 13.5. The zero-order chi connectivity index (χ0) is 20.6. The van der Waals surface area contributed by atoms with Gasteiger partial charge in [-0.05, 0) is 86.7 Å². The number of aromatic nitrogens is 2. The molecule has 0 spiro atoms. The van der Waals surface area contributed by atoms with Crippen molar-refractivity contribution in [2.45, 2.75) is 71.8 Å². The van der Waals surface area contributed by atoms with Crippen LogP contribution in [0.4, 0.5) is 0 Å². The monoisotopic (exact) mass is 394 g/mol. The Morgan fingerprint density at radius 3 is 2.66 bits per heavy atom. The molecule has 0 radical (unpaired) electrons. The molecule has 0 aliphatic heterocycles. The van der Waals surface area contributed by atoms with E-state index in [9.17, 15) is 9.90 Å². The fourth-order valence-electron chi connectivity index (χ4n) is 7.29. The van der Waals surface area contributed by atoms with Crippen LogP contribution in [0.15, 0.2) is 23.4 Å². The van der Waals surface area contributed by atoms with E-state index in [-0.39, 0.29) is 16.9 Å². The van der Waals surface area contributed by atoms with Crippen LogP contribution in [-0.4, -0.2) is 26.8 Å². The normalized spacial score (nSPS) is 43.0. The van der Waals surface area contributed by atoms with Crippen molar-refractivity contribution >= 4 is 11.9 Å². The third-order valence-corrected chi connectivity index (χ3v) is 9.32. The van der Waals surface area contributed by atoms with Crippen molar-refractivity contribution in [3.8, 4) is 0 Å². The first kappa shape index (κ1) is 19.3. The molecule has 0 unspecified atom stereocenters. The third kappa shape index (κ3) is 2.67. The lowest BCUT2D eigenvalue weighted by Crippen LogP contribution is -2.50. The van der Waals surface area contributed by atoms with Crippen LogP contribution in [0.2, 0.25) is 0 Å². The molecule has 1 N–H and O–H groups in total. The molecule has 5 rings (SSSR count). The highest BCUT2D eigenvalue weighted by molar-refractivity contribution is 6.06. The van der Waals surface area contributed by atoms with Gasteiger partial charge in [-0.15, -0.1) is 0 Å². The van der Waals surface area contributed by atoms with Gasteiger partial charge in [0, 0.05) is 23.7 Å². The van der Waals surface area contributed by atoms with Crippen LogP contribution in [0.1, 0.15) is 70.1 Å². The SMILES string of the molecule is Cc1c(/C=C2/C[C@H]3[C@@H]4CC=C5C[C@@H](O)CC[C@]5(C)[C@H]4CC[C@]3(C)C2=O)cnn1C. The van der Waals surface area contributed by atoms with Crippen molar-refractivity contribution in [1.82, 2.24) is 9.78 Å². The lowest BCUT2D eigenvalue weighted by molar-refractivity contribution is -0.130.